The number of anilines is 1. The molecular weight excluding hydrogens is 306 g/mol. The van der Waals surface area contributed by atoms with Crippen LogP contribution in [0.2, 0.25) is 0 Å². The second-order valence-electron chi connectivity index (χ2n) is 6.14. The number of benzene rings is 1. The zero-order chi connectivity index (χ0) is 16.0. The average Bonchev–Trinajstić information content (AvgIpc) is 3.25. The zero-order valence-electron chi connectivity index (χ0n) is 12.4. The smallest absolute Gasteiger partial charge is 0.293 e. The molecule has 1 aliphatic carbocycles. The number of hydrogen-bond acceptors (Lipinski definition) is 5. The van der Waals surface area contributed by atoms with Crippen LogP contribution in [0.15, 0.2) is 23.1 Å². The van der Waals surface area contributed by atoms with Crippen LogP contribution in [-0.4, -0.2) is 33.5 Å². The predicted octanol–water partition coefficient (Wildman–Crippen LogP) is 1.88. The zero-order valence-corrected chi connectivity index (χ0v) is 13.2. The number of nitro groups is 1. The first-order chi connectivity index (χ1) is 10.4. The fourth-order valence-electron chi connectivity index (χ4n) is 3.20. The van der Waals surface area contributed by atoms with Gasteiger partial charge in [0.25, 0.3) is 5.69 Å². The Bertz CT molecular complexity index is 713. The first kappa shape index (κ1) is 15.2. The van der Waals surface area contributed by atoms with Crippen LogP contribution < -0.4 is 9.62 Å². The van der Waals surface area contributed by atoms with E-state index in [0.717, 1.165) is 25.6 Å². The van der Waals surface area contributed by atoms with Gasteiger partial charge >= 0.3 is 0 Å². The number of piperidine rings is 1. The molecule has 0 aromatic heterocycles. The number of hydrogen-bond donors (Lipinski definition) is 1. The van der Waals surface area contributed by atoms with E-state index >= 15 is 0 Å². The third kappa shape index (κ3) is 2.68. The minimum Gasteiger partial charge on any atom is -0.365 e. The van der Waals surface area contributed by atoms with Crippen LogP contribution in [0.25, 0.3) is 0 Å². The second kappa shape index (κ2) is 5.20. The standard InChI is InChI=1S/C14H19N3O4S/c1-15-22(20,21)11-3-4-12(13(9-11)17(18)19)16-8-2-5-14(10-16)6-7-14/h3-4,9,15H,2,5-8,10H2,1H3. The fourth-order valence-corrected chi connectivity index (χ4v) is 3.95. The topological polar surface area (TPSA) is 92.6 Å². The van der Waals surface area contributed by atoms with Crippen molar-refractivity contribution < 1.29 is 13.3 Å². The van der Waals surface area contributed by atoms with Crippen LogP contribution in [0.5, 0.6) is 0 Å². The van der Waals surface area contributed by atoms with Crippen LogP contribution in [-0.2, 0) is 10.0 Å². The summed E-state index contributed by atoms with van der Waals surface area (Å²) in [6.07, 6.45) is 4.57. The molecule has 22 heavy (non-hydrogen) atoms. The molecule has 3 rings (SSSR count). The lowest BCUT2D eigenvalue weighted by Crippen LogP contribution is -2.36. The van der Waals surface area contributed by atoms with E-state index in [9.17, 15) is 18.5 Å². The van der Waals surface area contributed by atoms with Crippen LogP contribution >= 0.6 is 0 Å². The molecule has 0 atom stereocenters. The van der Waals surface area contributed by atoms with Crippen LogP contribution in [0.1, 0.15) is 25.7 Å². The lowest BCUT2D eigenvalue weighted by molar-refractivity contribution is -0.384. The predicted molar refractivity (Wildman–Crippen MR) is 82.5 cm³/mol. The van der Waals surface area contributed by atoms with Crippen molar-refractivity contribution in [3.8, 4) is 0 Å². The molecule has 7 nitrogen and oxygen atoms in total. The summed E-state index contributed by atoms with van der Waals surface area (Å²) in [6, 6.07) is 4.14. The van der Waals surface area contributed by atoms with Crippen molar-refractivity contribution >= 4 is 21.4 Å². The molecule has 1 spiro atoms. The van der Waals surface area contributed by atoms with E-state index in [2.05, 4.69) is 4.72 Å². The van der Waals surface area contributed by atoms with Gasteiger partial charge in [-0.3, -0.25) is 10.1 Å². The maximum absolute atomic E-state index is 11.8. The highest BCUT2D eigenvalue weighted by molar-refractivity contribution is 7.89. The molecule has 1 N–H and O–H groups in total. The third-order valence-electron chi connectivity index (χ3n) is 4.68. The van der Waals surface area contributed by atoms with E-state index in [4.69, 9.17) is 0 Å². The Kier molecular flexibility index (Phi) is 3.60. The summed E-state index contributed by atoms with van der Waals surface area (Å²) in [6.45, 7) is 1.60. The number of nitrogens with one attached hydrogen (secondary N) is 1. The average molecular weight is 325 g/mol. The Morgan fingerprint density at radius 1 is 1.32 bits per heavy atom. The number of nitrogens with zero attached hydrogens (tertiary/aromatic N) is 2. The van der Waals surface area contributed by atoms with Crippen molar-refractivity contribution in [3.05, 3.63) is 28.3 Å². The molecule has 2 aliphatic rings. The molecule has 1 saturated carbocycles. The van der Waals surface area contributed by atoms with Gasteiger partial charge in [-0.2, -0.15) is 0 Å². The van der Waals surface area contributed by atoms with Gasteiger partial charge < -0.3 is 4.90 Å². The van der Waals surface area contributed by atoms with Crippen molar-refractivity contribution in [2.24, 2.45) is 5.41 Å². The molecule has 1 heterocycles. The lowest BCUT2D eigenvalue weighted by atomic mass is 9.94. The summed E-state index contributed by atoms with van der Waals surface area (Å²) in [7, 11) is -2.40. The van der Waals surface area contributed by atoms with Gasteiger partial charge in [-0.05, 0) is 50.3 Å². The Balaban J connectivity index is 1.99. The Hall–Kier alpha value is -1.67. The number of sulfonamides is 1. The van der Waals surface area contributed by atoms with Crippen molar-refractivity contribution in [3.63, 3.8) is 0 Å². The summed E-state index contributed by atoms with van der Waals surface area (Å²) < 4.78 is 25.8. The molecule has 120 valence electrons. The highest BCUT2D eigenvalue weighted by atomic mass is 32.2. The quantitative estimate of drug-likeness (QED) is 0.674. The van der Waals surface area contributed by atoms with E-state index in [0.29, 0.717) is 11.1 Å². The normalized spacial score (nSPS) is 20.1. The van der Waals surface area contributed by atoms with Gasteiger partial charge in [0, 0.05) is 19.2 Å². The Morgan fingerprint density at radius 3 is 2.64 bits per heavy atom. The SMILES string of the molecule is CNS(=O)(=O)c1ccc(N2CCCC3(CC3)C2)c([N+](=O)[O-])c1. The van der Waals surface area contributed by atoms with E-state index in [-0.39, 0.29) is 10.6 Å². The summed E-state index contributed by atoms with van der Waals surface area (Å²) in [5.74, 6) is 0. The second-order valence-corrected chi connectivity index (χ2v) is 8.03. The largest absolute Gasteiger partial charge is 0.365 e. The maximum atomic E-state index is 11.8. The summed E-state index contributed by atoms with van der Waals surface area (Å²) in [5.41, 5.74) is 0.710. The van der Waals surface area contributed by atoms with Gasteiger partial charge in [0.15, 0.2) is 0 Å². The third-order valence-corrected chi connectivity index (χ3v) is 6.09. The molecule has 2 fully saturated rings. The molecule has 1 aliphatic heterocycles. The molecule has 8 heteroatoms. The first-order valence-electron chi connectivity index (χ1n) is 7.34. The first-order valence-corrected chi connectivity index (χ1v) is 8.82. The number of nitro benzene ring substituents is 1. The van der Waals surface area contributed by atoms with E-state index in [1.54, 1.807) is 6.07 Å². The van der Waals surface area contributed by atoms with Gasteiger partial charge in [0.05, 0.1) is 9.82 Å². The molecule has 0 bridgehead atoms. The van der Waals surface area contributed by atoms with Gasteiger partial charge in [-0.15, -0.1) is 0 Å². The van der Waals surface area contributed by atoms with Crippen molar-refractivity contribution in [2.75, 3.05) is 25.0 Å². The molecule has 0 unspecified atom stereocenters. The van der Waals surface area contributed by atoms with Gasteiger partial charge in [-0.25, -0.2) is 13.1 Å². The highest BCUT2D eigenvalue weighted by Gasteiger charge is 2.46. The molecule has 1 aromatic carbocycles. The summed E-state index contributed by atoms with van der Waals surface area (Å²) in [5, 5.41) is 11.4. The molecule has 0 amide bonds. The van der Waals surface area contributed by atoms with Crippen molar-refractivity contribution in [1.29, 1.82) is 0 Å². The van der Waals surface area contributed by atoms with E-state index in [1.165, 1.54) is 32.4 Å². The van der Waals surface area contributed by atoms with Crippen LogP contribution in [0, 0.1) is 15.5 Å². The fraction of sp³-hybridized carbons (Fsp3) is 0.571. The Labute approximate surface area is 129 Å². The van der Waals surface area contributed by atoms with E-state index in [1.807, 2.05) is 4.90 Å². The number of rotatable bonds is 4. The minimum atomic E-state index is -3.69. The summed E-state index contributed by atoms with van der Waals surface area (Å²) in [4.78, 5) is 12.8. The van der Waals surface area contributed by atoms with Gasteiger partial charge in [0.2, 0.25) is 10.0 Å². The molecule has 1 aromatic rings. The Morgan fingerprint density at radius 2 is 2.05 bits per heavy atom. The molecule has 0 radical (unpaired) electrons. The van der Waals surface area contributed by atoms with Crippen molar-refractivity contribution in [1.82, 2.24) is 4.72 Å². The van der Waals surface area contributed by atoms with Crippen LogP contribution in [0.4, 0.5) is 11.4 Å². The monoisotopic (exact) mass is 325 g/mol. The van der Waals surface area contributed by atoms with Crippen molar-refractivity contribution in [2.45, 2.75) is 30.6 Å². The van der Waals surface area contributed by atoms with E-state index < -0.39 is 14.9 Å². The minimum absolute atomic E-state index is 0.0800. The van der Waals surface area contributed by atoms with Gasteiger partial charge in [0.1, 0.15) is 5.69 Å². The summed E-state index contributed by atoms with van der Waals surface area (Å²) >= 11 is 0. The maximum Gasteiger partial charge on any atom is 0.293 e. The van der Waals surface area contributed by atoms with Crippen LogP contribution in [0.3, 0.4) is 0 Å². The lowest BCUT2D eigenvalue weighted by Gasteiger charge is -2.34. The molecule has 1 saturated heterocycles. The molecular formula is C14H19N3O4S. The highest BCUT2D eigenvalue weighted by Crippen LogP contribution is 2.53. The van der Waals surface area contributed by atoms with Gasteiger partial charge in [-0.1, -0.05) is 0 Å².